The summed E-state index contributed by atoms with van der Waals surface area (Å²) in [5.41, 5.74) is 4.32. The Hall–Kier alpha value is 0.0331. The number of fused-ring (bicyclic) bond motifs is 3. The van der Waals surface area contributed by atoms with Crippen molar-refractivity contribution in [2.45, 2.75) is 19.8 Å². The smallest absolute Gasteiger partial charge is 1.00 e. The first kappa shape index (κ1) is 17.0. The second kappa shape index (κ2) is 6.83. The van der Waals surface area contributed by atoms with Gasteiger partial charge in [0.25, 0.3) is 0 Å². The van der Waals surface area contributed by atoms with Crippen molar-refractivity contribution in [1.82, 2.24) is 0 Å². The molecule has 0 unspecified atom stereocenters. The van der Waals surface area contributed by atoms with Crippen molar-refractivity contribution in [2.24, 2.45) is 0 Å². The summed E-state index contributed by atoms with van der Waals surface area (Å²) < 4.78 is 0. The number of rotatable bonds is 0. The van der Waals surface area contributed by atoms with Crippen LogP contribution in [0, 0.1) is 6.92 Å². The third-order valence-electron chi connectivity index (χ3n) is 3.03. The van der Waals surface area contributed by atoms with Gasteiger partial charge in [0.2, 0.25) is 0 Å². The molecule has 0 aromatic heterocycles. The van der Waals surface area contributed by atoms with Crippen LogP contribution >= 0.6 is 0 Å². The largest absolute Gasteiger partial charge is 3.00 e. The molecule has 0 amide bonds. The van der Waals surface area contributed by atoms with Crippen LogP contribution in [-0.4, -0.2) is 0 Å². The number of hydrogen-bond acceptors (Lipinski definition) is 0. The molecule has 0 bridgehead atoms. The minimum Gasteiger partial charge on any atom is -1.00 e. The SMILES string of the molecule is Cc1cc2c3c(ccc2[cH-]1)CCC=C3.[Cl-].[Cl-].[Zr+3]. The van der Waals surface area contributed by atoms with E-state index in [2.05, 4.69) is 43.3 Å². The number of hydrogen-bond donors (Lipinski definition) is 0. The molecule has 1 radical (unpaired) electrons. The topological polar surface area (TPSA) is 0 Å². The summed E-state index contributed by atoms with van der Waals surface area (Å²) in [6.45, 7) is 2.17. The molecule has 0 heterocycles. The van der Waals surface area contributed by atoms with Crippen molar-refractivity contribution in [3.63, 3.8) is 0 Å². The van der Waals surface area contributed by atoms with Crippen LogP contribution in [0.5, 0.6) is 0 Å². The van der Waals surface area contributed by atoms with Gasteiger partial charge in [-0.1, -0.05) is 30.2 Å². The minimum atomic E-state index is 0. The van der Waals surface area contributed by atoms with E-state index >= 15 is 0 Å². The third kappa shape index (κ3) is 3.08. The van der Waals surface area contributed by atoms with Crippen LogP contribution in [0.2, 0.25) is 0 Å². The first-order valence-electron chi connectivity index (χ1n) is 5.20. The van der Waals surface area contributed by atoms with Gasteiger partial charge in [0, 0.05) is 0 Å². The number of benzene rings is 1. The molecule has 3 rings (SSSR count). The maximum absolute atomic E-state index is 2.30. The van der Waals surface area contributed by atoms with Gasteiger partial charge >= 0.3 is 26.2 Å². The van der Waals surface area contributed by atoms with Crippen molar-refractivity contribution < 1.29 is 51.0 Å². The Bertz CT molecular complexity index is 526. The van der Waals surface area contributed by atoms with Crippen molar-refractivity contribution in [1.29, 1.82) is 0 Å². The van der Waals surface area contributed by atoms with Gasteiger partial charge in [-0.25, -0.2) is 0 Å². The predicted octanol–water partition coefficient (Wildman–Crippen LogP) is -2.17. The van der Waals surface area contributed by atoms with Gasteiger partial charge in [-0.3, -0.25) is 0 Å². The minimum absolute atomic E-state index is 0. The summed E-state index contributed by atoms with van der Waals surface area (Å²) in [4.78, 5) is 0. The fraction of sp³-hybridized carbons (Fsp3) is 0.214. The molecule has 0 aliphatic heterocycles. The third-order valence-corrected chi connectivity index (χ3v) is 3.03. The molecule has 17 heavy (non-hydrogen) atoms. The normalized spacial score (nSPS) is 12.1. The molecule has 87 valence electrons. The number of aryl methyl sites for hydroxylation is 2. The average Bonchev–Trinajstić information content (AvgIpc) is 2.59. The Morgan fingerprint density at radius 1 is 1.18 bits per heavy atom. The summed E-state index contributed by atoms with van der Waals surface area (Å²) in [7, 11) is 0. The zero-order chi connectivity index (χ0) is 9.54. The second-order valence-corrected chi connectivity index (χ2v) is 4.11. The molecule has 0 N–H and O–H groups in total. The molecular formula is C14H13Cl2Zr. The standard InChI is InChI=1S/C14H13.2ClH.Zr/c1-10-8-12-7-6-11-4-2-3-5-13(11)14(12)9-10;;;/h3,5-9H,2,4H2,1H3;2*1H;/q-1;;;+3/p-2. The molecule has 1 aliphatic carbocycles. The van der Waals surface area contributed by atoms with E-state index in [0.29, 0.717) is 0 Å². The quantitative estimate of drug-likeness (QED) is 0.478. The number of halogens is 2. The van der Waals surface area contributed by atoms with Crippen LogP contribution in [0.15, 0.2) is 30.3 Å². The molecule has 2 aromatic rings. The molecule has 1 aliphatic rings. The molecule has 0 fully saturated rings. The first-order chi connectivity index (χ1) is 6.84. The van der Waals surface area contributed by atoms with Crippen LogP contribution in [0.3, 0.4) is 0 Å². The van der Waals surface area contributed by atoms with Crippen molar-refractivity contribution in [3.05, 3.63) is 47.0 Å². The monoisotopic (exact) mass is 341 g/mol. The molecule has 3 heteroatoms. The summed E-state index contributed by atoms with van der Waals surface area (Å²) in [5, 5.41) is 2.81. The van der Waals surface area contributed by atoms with Crippen molar-refractivity contribution in [3.8, 4) is 0 Å². The Kier molecular flexibility index (Phi) is 6.84. The average molecular weight is 343 g/mol. The summed E-state index contributed by atoms with van der Waals surface area (Å²) in [6.07, 6.45) is 6.95. The molecule has 0 atom stereocenters. The summed E-state index contributed by atoms with van der Waals surface area (Å²) >= 11 is 0. The molecule has 0 saturated heterocycles. The van der Waals surface area contributed by atoms with E-state index in [4.69, 9.17) is 0 Å². The van der Waals surface area contributed by atoms with Gasteiger partial charge in [0.05, 0.1) is 0 Å². The van der Waals surface area contributed by atoms with Gasteiger partial charge < -0.3 is 24.8 Å². The van der Waals surface area contributed by atoms with E-state index in [1.165, 1.54) is 40.3 Å². The van der Waals surface area contributed by atoms with Crippen LogP contribution < -0.4 is 24.8 Å². The molecule has 0 saturated carbocycles. The van der Waals surface area contributed by atoms with Gasteiger partial charge in [-0.2, -0.15) is 6.07 Å². The van der Waals surface area contributed by atoms with Crippen molar-refractivity contribution in [2.75, 3.05) is 0 Å². The molecular weight excluding hydrogens is 330 g/mol. The van der Waals surface area contributed by atoms with E-state index in [1.54, 1.807) is 0 Å². The van der Waals surface area contributed by atoms with E-state index in [9.17, 15) is 0 Å². The Balaban J connectivity index is 0.000000853. The van der Waals surface area contributed by atoms with Gasteiger partial charge in [-0.05, 0) is 12.8 Å². The van der Waals surface area contributed by atoms with Crippen molar-refractivity contribution >= 4 is 16.8 Å². The first-order valence-corrected chi connectivity index (χ1v) is 5.20. The fourth-order valence-corrected chi connectivity index (χ4v) is 2.35. The van der Waals surface area contributed by atoms with Crippen LogP contribution in [-0.2, 0) is 32.6 Å². The Morgan fingerprint density at radius 3 is 2.71 bits per heavy atom. The van der Waals surface area contributed by atoms with E-state index in [-0.39, 0.29) is 51.0 Å². The Labute approximate surface area is 134 Å². The molecule has 0 nitrogen and oxygen atoms in total. The van der Waals surface area contributed by atoms with E-state index < -0.39 is 0 Å². The zero-order valence-corrected chi connectivity index (χ0v) is 13.6. The summed E-state index contributed by atoms with van der Waals surface area (Å²) in [6, 6.07) is 9.09. The van der Waals surface area contributed by atoms with E-state index in [1.807, 2.05) is 0 Å². The number of allylic oxidation sites excluding steroid dienone is 1. The second-order valence-electron chi connectivity index (χ2n) is 4.11. The fourth-order valence-electron chi connectivity index (χ4n) is 2.35. The van der Waals surface area contributed by atoms with E-state index in [0.717, 1.165) is 0 Å². The maximum Gasteiger partial charge on any atom is 3.00 e. The molecule has 2 aromatic carbocycles. The molecule has 0 spiro atoms. The van der Waals surface area contributed by atoms with Gasteiger partial charge in [0.15, 0.2) is 0 Å². The van der Waals surface area contributed by atoms with Gasteiger partial charge in [0.1, 0.15) is 0 Å². The predicted molar refractivity (Wildman–Crippen MR) is 61.6 cm³/mol. The van der Waals surface area contributed by atoms with Gasteiger partial charge in [-0.15, -0.1) is 34.5 Å². The van der Waals surface area contributed by atoms with Crippen LogP contribution in [0.4, 0.5) is 0 Å². The Morgan fingerprint density at radius 2 is 1.94 bits per heavy atom. The van der Waals surface area contributed by atoms with Crippen LogP contribution in [0.25, 0.3) is 16.8 Å². The van der Waals surface area contributed by atoms with Crippen LogP contribution in [0.1, 0.15) is 23.1 Å². The summed E-state index contributed by atoms with van der Waals surface area (Å²) in [5.74, 6) is 0. The maximum atomic E-state index is 2.30. The zero-order valence-electron chi connectivity index (χ0n) is 9.63.